The van der Waals surface area contributed by atoms with Crippen LogP contribution in [0.25, 0.3) is 10.8 Å². The van der Waals surface area contributed by atoms with Crippen molar-refractivity contribution in [1.82, 2.24) is 20.8 Å². The second kappa shape index (κ2) is 5.52. The summed E-state index contributed by atoms with van der Waals surface area (Å²) in [6.07, 6.45) is 0. The maximum absolute atomic E-state index is 12.1. The number of aromatic nitrogens is 2. The van der Waals surface area contributed by atoms with Gasteiger partial charge in [0.15, 0.2) is 5.69 Å². The molecule has 3 N–H and O–H groups in total. The van der Waals surface area contributed by atoms with E-state index in [4.69, 9.17) is 0 Å². The number of carbonyl (C=O) groups is 2. The fourth-order valence-corrected chi connectivity index (χ4v) is 1.83. The molecule has 7 heteroatoms. The minimum absolute atomic E-state index is 0.0796. The normalized spacial score (nSPS) is 11.9. The number of benzene rings is 1. The standard InChI is InChI=1S/C13H14N4O3/c1-7(11(18)14-2)15-13(20)10-8-5-3-4-6-9(8)12(19)17-16-10/h3-7H,1-2H3,(H,14,18)(H,15,20)(H,17,19). The monoisotopic (exact) mass is 274 g/mol. The number of nitrogens with zero attached hydrogens (tertiary/aromatic N) is 1. The highest BCUT2D eigenvalue weighted by molar-refractivity contribution is 6.05. The fraction of sp³-hybridized carbons (Fsp3) is 0.231. The minimum Gasteiger partial charge on any atom is -0.357 e. The molecular formula is C13H14N4O3. The van der Waals surface area contributed by atoms with Gasteiger partial charge in [-0.3, -0.25) is 14.4 Å². The lowest BCUT2D eigenvalue weighted by Gasteiger charge is -2.12. The summed E-state index contributed by atoms with van der Waals surface area (Å²) in [6.45, 7) is 1.56. The molecule has 2 rings (SSSR count). The molecule has 0 radical (unpaired) electrons. The third-order valence-electron chi connectivity index (χ3n) is 2.90. The van der Waals surface area contributed by atoms with Gasteiger partial charge in [-0.25, -0.2) is 5.10 Å². The number of aromatic amines is 1. The number of carbonyl (C=O) groups excluding carboxylic acids is 2. The molecule has 20 heavy (non-hydrogen) atoms. The number of nitrogens with one attached hydrogen (secondary N) is 3. The highest BCUT2D eigenvalue weighted by Gasteiger charge is 2.18. The zero-order chi connectivity index (χ0) is 14.7. The largest absolute Gasteiger partial charge is 0.357 e. The number of hydrogen-bond donors (Lipinski definition) is 3. The molecule has 0 aliphatic heterocycles. The van der Waals surface area contributed by atoms with Gasteiger partial charge in [-0.2, -0.15) is 5.10 Å². The fourth-order valence-electron chi connectivity index (χ4n) is 1.83. The molecule has 1 heterocycles. The van der Waals surface area contributed by atoms with Crippen LogP contribution in [0.5, 0.6) is 0 Å². The van der Waals surface area contributed by atoms with Crippen LogP contribution in [0.2, 0.25) is 0 Å². The van der Waals surface area contributed by atoms with Gasteiger partial charge in [0, 0.05) is 12.4 Å². The highest BCUT2D eigenvalue weighted by Crippen LogP contribution is 2.12. The molecule has 0 spiro atoms. The molecule has 0 saturated heterocycles. The van der Waals surface area contributed by atoms with Crippen molar-refractivity contribution < 1.29 is 9.59 Å². The van der Waals surface area contributed by atoms with Crippen LogP contribution in [-0.4, -0.2) is 35.1 Å². The maximum Gasteiger partial charge on any atom is 0.273 e. The van der Waals surface area contributed by atoms with E-state index in [-0.39, 0.29) is 17.2 Å². The van der Waals surface area contributed by atoms with Gasteiger partial charge >= 0.3 is 0 Å². The molecule has 1 aromatic carbocycles. The summed E-state index contributed by atoms with van der Waals surface area (Å²) < 4.78 is 0. The Morgan fingerprint density at radius 3 is 2.55 bits per heavy atom. The van der Waals surface area contributed by atoms with Crippen LogP contribution in [0.4, 0.5) is 0 Å². The van der Waals surface area contributed by atoms with Crippen molar-refractivity contribution in [3.63, 3.8) is 0 Å². The van der Waals surface area contributed by atoms with E-state index in [1.807, 2.05) is 0 Å². The predicted octanol–water partition coefficient (Wildman–Crippen LogP) is -0.213. The van der Waals surface area contributed by atoms with Crippen molar-refractivity contribution >= 4 is 22.6 Å². The molecule has 2 aromatic rings. The molecule has 0 saturated carbocycles. The second-order valence-corrected chi connectivity index (χ2v) is 4.26. The number of H-pyrrole nitrogens is 1. The van der Waals surface area contributed by atoms with Crippen LogP contribution in [-0.2, 0) is 4.79 Å². The number of likely N-dealkylation sites (N-methyl/N-ethyl adjacent to an activating group) is 1. The van der Waals surface area contributed by atoms with E-state index in [1.54, 1.807) is 31.2 Å². The average Bonchev–Trinajstić information content (AvgIpc) is 2.46. The van der Waals surface area contributed by atoms with Crippen LogP contribution >= 0.6 is 0 Å². The average molecular weight is 274 g/mol. The van der Waals surface area contributed by atoms with Crippen molar-refractivity contribution in [2.75, 3.05) is 7.05 Å². The Hall–Kier alpha value is -2.70. The predicted molar refractivity (Wildman–Crippen MR) is 73.4 cm³/mol. The van der Waals surface area contributed by atoms with Gasteiger partial charge in [-0.15, -0.1) is 0 Å². The van der Waals surface area contributed by atoms with Crippen molar-refractivity contribution in [1.29, 1.82) is 0 Å². The Morgan fingerprint density at radius 1 is 1.25 bits per heavy atom. The molecule has 1 unspecified atom stereocenters. The Morgan fingerprint density at radius 2 is 1.90 bits per heavy atom. The van der Waals surface area contributed by atoms with Crippen LogP contribution in [0.1, 0.15) is 17.4 Å². The van der Waals surface area contributed by atoms with Crippen LogP contribution in [0, 0.1) is 0 Å². The summed E-state index contributed by atoms with van der Waals surface area (Å²) in [5, 5.41) is 11.8. The van der Waals surface area contributed by atoms with Crippen molar-refractivity contribution in [2.24, 2.45) is 0 Å². The van der Waals surface area contributed by atoms with Crippen LogP contribution in [0.15, 0.2) is 29.1 Å². The third-order valence-corrected chi connectivity index (χ3v) is 2.90. The first-order chi connectivity index (χ1) is 9.54. The zero-order valence-corrected chi connectivity index (χ0v) is 11.1. The van der Waals surface area contributed by atoms with E-state index < -0.39 is 11.9 Å². The topological polar surface area (TPSA) is 104 Å². The summed E-state index contributed by atoms with van der Waals surface area (Å²) in [6, 6.07) is 5.96. The first kappa shape index (κ1) is 13.7. The quantitative estimate of drug-likeness (QED) is 0.720. The third kappa shape index (κ3) is 2.51. The smallest absolute Gasteiger partial charge is 0.273 e. The highest BCUT2D eigenvalue weighted by atomic mass is 16.2. The minimum atomic E-state index is -0.694. The molecule has 0 aliphatic carbocycles. The lowest BCUT2D eigenvalue weighted by Crippen LogP contribution is -2.44. The van der Waals surface area contributed by atoms with Gasteiger partial charge < -0.3 is 10.6 Å². The number of rotatable bonds is 3. The molecule has 2 amide bonds. The van der Waals surface area contributed by atoms with Crippen LogP contribution < -0.4 is 16.2 Å². The van der Waals surface area contributed by atoms with Crippen molar-refractivity contribution in [2.45, 2.75) is 13.0 Å². The molecule has 7 nitrogen and oxygen atoms in total. The van der Waals surface area contributed by atoms with Gasteiger partial charge in [0.2, 0.25) is 5.91 Å². The van der Waals surface area contributed by atoms with Gasteiger partial charge in [-0.1, -0.05) is 18.2 Å². The molecule has 0 fully saturated rings. The van der Waals surface area contributed by atoms with E-state index in [1.165, 1.54) is 7.05 Å². The Balaban J connectivity index is 2.39. The van der Waals surface area contributed by atoms with Gasteiger partial charge in [0.1, 0.15) is 6.04 Å². The Labute approximate surface area is 114 Å². The zero-order valence-electron chi connectivity index (χ0n) is 11.1. The maximum atomic E-state index is 12.1. The number of amides is 2. The summed E-state index contributed by atoms with van der Waals surface area (Å²) in [4.78, 5) is 35.1. The summed E-state index contributed by atoms with van der Waals surface area (Å²) >= 11 is 0. The Kier molecular flexibility index (Phi) is 3.79. The Bertz CT molecular complexity index is 723. The van der Waals surface area contributed by atoms with Gasteiger partial charge in [0.05, 0.1) is 5.39 Å². The van der Waals surface area contributed by atoms with Crippen molar-refractivity contribution in [3.05, 3.63) is 40.3 Å². The van der Waals surface area contributed by atoms with E-state index in [0.717, 1.165) is 0 Å². The first-order valence-electron chi connectivity index (χ1n) is 6.04. The first-order valence-corrected chi connectivity index (χ1v) is 6.04. The molecular weight excluding hydrogens is 260 g/mol. The summed E-state index contributed by atoms with van der Waals surface area (Å²) in [5.74, 6) is -0.833. The second-order valence-electron chi connectivity index (χ2n) is 4.26. The lowest BCUT2D eigenvalue weighted by atomic mass is 10.1. The lowest BCUT2D eigenvalue weighted by molar-refractivity contribution is -0.122. The van der Waals surface area contributed by atoms with Gasteiger partial charge in [0.25, 0.3) is 11.5 Å². The van der Waals surface area contributed by atoms with E-state index >= 15 is 0 Å². The van der Waals surface area contributed by atoms with Crippen LogP contribution in [0.3, 0.4) is 0 Å². The van der Waals surface area contributed by atoms with E-state index in [2.05, 4.69) is 20.8 Å². The summed E-state index contributed by atoms with van der Waals surface area (Å²) in [7, 11) is 1.48. The summed E-state index contributed by atoms with van der Waals surface area (Å²) in [5.41, 5.74) is -0.285. The molecule has 0 aliphatic rings. The van der Waals surface area contributed by atoms with Gasteiger partial charge in [-0.05, 0) is 13.0 Å². The van der Waals surface area contributed by atoms with E-state index in [9.17, 15) is 14.4 Å². The molecule has 1 atom stereocenters. The number of hydrogen-bond acceptors (Lipinski definition) is 4. The molecule has 0 bridgehead atoms. The SMILES string of the molecule is CNC(=O)C(C)NC(=O)c1n[nH]c(=O)c2ccccc12. The van der Waals surface area contributed by atoms with E-state index in [0.29, 0.717) is 10.8 Å². The number of fused-ring (bicyclic) bond motifs is 1. The van der Waals surface area contributed by atoms with Crippen molar-refractivity contribution in [3.8, 4) is 0 Å². The molecule has 104 valence electrons. The molecule has 1 aromatic heterocycles.